The highest BCUT2D eigenvalue weighted by molar-refractivity contribution is 5.82. The van der Waals surface area contributed by atoms with Crippen LogP contribution in [0, 0.1) is 5.92 Å². The lowest BCUT2D eigenvalue weighted by molar-refractivity contribution is -0.134. The van der Waals surface area contributed by atoms with Crippen molar-refractivity contribution in [2.75, 3.05) is 6.54 Å². The number of hydrogen-bond donors (Lipinski definition) is 0. The molecular weight excluding hydrogens is 260 g/mol. The Balaban J connectivity index is 1.80. The van der Waals surface area contributed by atoms with E-state index in [9.17, 15) is 4.79 Å². The Morgan fingerprint density at radius 2 is 1.86 bits per heavy atom. The molecule has 1 aromatic carbocycles. The van der Waals surface area contributed by atoms with E-state index < -0.39 is 0 Å². The van der Waals surface area contributed by atoms with Gasteiger partial charge in [-0.2, -0.15) is 0 Å². The van der Waals surface area contributed by atoms with Crippen LogP contribution in [0.15, 0.2) is 48.8 Å². The van der Waals surface area contributed by atoms with E-state index in [1.807, 2.05) is 24.5 Å². The first kappa shape index (κ1) is 12.6. The molecule has 1 aliphatic carbocycles. The van der Waals surface area contributed by atoms with Crippen molar-refractivity contribution in [3.05, 3.63) is 65.5 Å². The lowest BCUT2D eigenvalue weighted by Crippen LogP contribution is -2.41. The molecule has 1 aromatic heterocycles. The molecule has 2 aliphatic rings. The average Bonchev–Trinajstić information content (AvgIpc) is 3.39. The summed E-state index contributed by atoms with van der Waals surface area (Å²) in [7, 11) is 0. The minimum absolute atomic E-state index is 0.0473. The standard InChI is InChI=1S/C18H18N2O/c21-18(15-5-6-15)20-12-9-13-3-1-2-4-16(13)17(20)14-7-10-19-11-8-14/h1-4,7-8,10-11,15,17H,5-6,9,12H2. The molecule has 3 nitrogen and oxygen atoms in total. The van der Waals surface area contributed by atoms with Crippen LogP contribution in [0.4, 0.5) is 0 Å². The molecule has 0 spiro atoms. The van der Waals surface area contributed by atoms with Crippen LogP contribution in [0.5, 0.6) is 0 Å². The third-order valence-corrected chi connectivity index (χ3v) is 4.51. The van der Waals surface area contributed by atoms with E-state index in [-0.39, 0.29) is 12.0 Å². The summed E-state index contributed by atoms with van der Waals surface area (Å²) < 4.78 is 0. The number of pyridine rings is 1. The molecule has 3 heteroatoms. The van der Waals surface area contributed by atoms with E-state index in [1.165, 1.54) is 11.1 Å². The molecule has 1 amide bonds. The molecule has 1 fully saturated rings. The first-order valence-electron chi connectivity index (χ1n) is 7.63. The van der Waals surface area contributed by atoms with Crippen molar-refractivity contribution in [3.63, 3.8) is 0 Å². The van der Waals surface area contributed by atoms with E-state index in [4.69, 9.17) is 0 Å². The van der Waals surface area contributed by atoms with Crippen LogP contribution in [0.1, 0.15) is 35.6 Å². The van der Waals surface area contributed by atoms with Gasteiger partial charge < -0.3 is 4.90 Å². The quantitative estimate of drug-likeness (QED) is 0.846. The normalized spacial score (nSPS) is 21.0. The summed E-state index contributed by atoms with van der Waals surface area (Å²) in [6.07, 6.45) is 6.69. The minimum atomic E-state index is 0.0473. The summed E-state index contributed by atoms with van der Waals surface area (Å²) in [4.78, 5) is 18.9. The zero-order valence-corrected chi connectivity index (χ0v) is 11.9. The Kier molecular flexibility index (Phi) is 2.99. The number of fused-ring (bicyclic) bond motifs is 1. The summed E-state index contributed by atoms with van der Waals surface area (Å²) in [5.41, 5.74) is 3.79. The largest absolute Gasteiger partial charge is 0.331 e. The van der Waals surface area contributed by atoms with E-state index in [0.29, 0.717) is 5.91 Å². The Bertz CT molecular complexity index is 664. The topological polar surface area (TPSA) is 33.2 Å². The van der Waals surface area contributed by atoms with Gasteiger partial charge in [0.25, 0.3) is 0 Å². The van der Waals surface area contributed by atoms with E-state index in [1.54, 1.807) is 0 Å². The molecule has 2 heterocycles. The molecule has 21 heavy (non-hydrogen) atoms. The van der Waals surface area contributed by atoms with Crippen LogP contribution in [-0.2, 0) is 11.2 Å². The zero-order chi connectivity index (χ0) is 14.2. The first-order chi connectivity index (χ1) is 10.3. The highest BCUT2D eigenvalue weighted by atomic mass is 16.2. The third kappa shape index (κ3) is 2.23. The summed E-state index contributed by atoms with van der Waals surface area (Å²) in [5, 5.41) is 0. The molecule has 0 radical (unpaired) electrons. The van der Waals surface area contributed by atoms with Gasteiger partial charge in [-0.05, 0) is 48.1 Å². The number of hydrogen-bond acceptors (Lipinski definition) is 2. The molecule has 106 valence electrons. The fourth-order valence-electron chi connectivity index (χ4n) is 3.27. The van der Waals surface area contributed by atoms with E-state index in [0.717, 1.165) is 31.4 Å². The SMILES string of the molecule is O=C(C1CC1)N1CCc2ccccc2C1c1ccncc1. The number of carbonyl (C=O) groups excluding carboxylic acids is 1. The number of amides is 1. The van der Waals surface area contributed by atoms with Crippen molar-refractivity contribution in [1.82, 2.24) is 9.88 Å². The highest BCUT2D eigenvalue weighted by Gasteiger charge is 2.39. The van der Waals surface area contributed by atoms with Crippen LogP contribution in [0.3, 0.4) is 0 Å². The van der Waals surface area contributed by atoms with Crippen molar-refractivity contribution in [2.24, 2.45) is 5.92 Å². The summed E-state index contributed by atoms with van der Waals surface area (Å²) in [6, 6.07) is 12.6. The van der Waals surface area contributed by atoms with E-state index >= 15 is 0 Å². The maximum Gasteiger partial charge on any atom is 0.226 e. The molecular formula is C18H18N2O. The third-order valence-electron chi connectivity index (χ3n) is 4.51. The number of aromatic nitrogens is 1. The molecule has 2 aromatic rings. The van der Waals surface area contributed by atoms with Gasteiger partial charge in [-0.3, -0.25) is 9.78 Å². The van der Waals surface area contributed by atoms with E-state index in [2.05, 4.69) is 34.1 Å². The summed E-state index contributed by atoms with van der Waals surface area (Å²) >= 11 is 0. The number of benzene rings is 1. The fraction of sp³-hybridized carbons (Fsp3) is 0.333. The zero-order valence-electron chi connectivity index (χ0n) is 11.9. The lowest BCUT2D eigenvalue weighted by atomic mass is 9.88. The second kappa shape index (κ2) is 4.99. The van der Waals surface area contributed by atoms with Gasteiger partial charge in [0.05, 0.1) is 6.04 Å². The van der Waals surface area contributed by atoms with Gasteiger partial charge in [0.15, 0.2) is 0 Å². The van der Waals surface area contributed by atoms with Gasteiger partial charge in [0.2, 0.25) is 5.91 Å². The summed E-state index contributed by atoms with van der Waals surface area (Å²) in [5.74, 6) is 0.589. The summed E-state index contributed by atoms with van der Waals surface area (Å²) in [6.45, 7) is 0.819. The predicted molar refractivity (Wildman–Crippen MR) is 80.7 cm³/mol. The van der Waals surface area contributed by atoms with Crippen LogP contribution in [0.25, 0.3) is 0 Å². The Labute approximate surface area is 124 Å². The second-order valence-corrected chi connectivity index (χ2v) is 5.94. The number of rotatable bonds is 2. The Morgan fingerprint density at radius 1 is 1.10 bits per heavy atom. The van der Waals surface area contributed by atoms with Crippen LogP contribution in [-0.4, -0.2) is 22.3 Å². The molecule has 1 atom stereocenters. The Morgan fingerprint density at radius 3 is 2.62 bits per heavy atom. The molecule has 1 aliphatic heterocycles. The molecule has 1 unspecified atom stereocenters. The van der Waals surface area contributed by atoms with Crippen molar-refractivity contribution in [1.29, 1.82) is 0 Å². The average molecular weight is 278 g/mol. The molecule has 0 bridgehead atoms. The molecule has 1 saturated carbocycles. The first-order valence-corrected chi connectivity index (χ1v) is 7.63. The van der Waals surface area contributed by atoms with Crippen molar-refractivity contribution >= 4 is 5.91 Å². The monoisotopic (exact) mass is 278 g/mol. The predicted octanol–water partition coefficient (Wildman–Crippen LogP) is 2.97. The van der Waals surface area contributed by atoms with Crippen LogP contribution in [0.2, 0.25) is 0 Å². The minimum Gasteiger partial charge on any atom is -0.331 e. The molecule has 0 saturated heterocycles. The number of nitrogens with zero attached hydrogens (tertiary/aromatic N) is 2. The number of carbonyl (C=O) groups is 1. The van der Waals surface area contributed by atoms with Gasteiger partial charge in [-0.1, -0.05) is 24.3 Å². The Hall–Kier alpha value is -2.16. The van der Waals surface area contributed by atoms with Gasteiger partial charge in [0, 0.05) is 24.9 Å². The van der Waals surface area contributed by atoms with Gasteiger partial charge >= 0.3 is 0 Å². The van der Waals surface area contributed by atoms with Crippen molar-refractivity contribution in [3.8, 4) is 0 Å². The maximum atomic E-state index is 12.7. The smallest absolute Gasteiger partial charge is 0.226 e. The molecule has 4 rings (SSSR count). The molecule has 0 N–H and O–H groups in total. The fourth-order valence-corrected chi connectivity index (χ4v) is 3.27. The second-order valence-electron chi connectivity index (χ2n) is 5.94. The van der Waals surface area contributed by atoms with Crippen molar-refractivity contribution in [2.45, 2.75) is 25.3 Å². The van der Waals surface area contributed by atoms with Gasteiger partial charge in [0.1, 0.15) is 0 Å². The lowest BCUT2D eigenvalue weighted by Gasteiger charge is -2.38. The van der Waals surface area contributed by atoms with Crippen LogP contribution < -0.4 is 0 Å². The van der Waals surface area contributed by atoms with Gasteiger partial charge in [-0.15, -0.1) is 0 Å². The maximum absolute atomic E-state index is 12.7. The van der Waals surface area contributed by atoms with Crippen molar-refractivity contribution < 1.29 is 4.79 Å². The van der Waals surface area contributed by atoms with Gasteiger partial charge in [-0.25, -0.2) is 0 Å². The highest BCUT2D eigenvalue weighted by Crippen LogP contribution is 2.39. The van der Waals surface area contributed by atoms with Crippen LogP contribution >= 0.6 is 0 Å².